The summed E-state index contributed by atoms with van der Waals surface area (Å²) in [6.45, 7) is 0. The summed E-state index contributed by atoms with van der Waals surface area (Å²) in [6.07, 6.45) is 3.74. The third-order valence-electron chi connectivity index (χ3n) is 3.75. The number of rotatable bonds is 4. The lowest BCUT2D eigenvalue weighted by atomic mass is 9.86. The van der Waals surface area contributed by atoms with Crippen molar-refractivity contribution < 1.29 is 19.2 Å². The number of aromatic nitrogens is 2. The van der Waals surface area contributed by atoms with Crippen LogP contribution in [0, 0.1) is 16.0 Å². The first-order chi connectivity index (χ1) is 9.93. The molecule has 1 aromatic rings. The van der Waals surface area contributed by atoms with Gasteiger partial charge in [-0.05, 0) is 25.7 Å². The normalized spacial score (nSPS) is 21.8. The van der Waals surface area contributed by atoms with E-state index in [2.05, 4.69) is 5.10 Å². The third-order valence-corrected chi connectivity index (χ3v) is 3.75. The number of hydrogen-bond donors (Lipinski definition) is 1. The Hall–Kier alpha value is -2.45. The number of amides is 1. The van der Waals surface area contributed by atoms with Gasteiger partial charge in [0.1, 0.15) is 6.20 Å². The van der Waals surface area contributed by atoms with E-state index in [0.717, 1.165) is 0 Å². The summed E-state index contributed by atoms with van der Waals surface area (Å²) in [5.74, 6) is -1.31. The Morgan fingerprint density at radius 1 is 1.43 bits per heavy atom. The highest BCUT2D eigenvalue weighted by molar-refractivity contribution is 5.94. The van der Waals surface area contributed by atoms with Crippen molar-refractivity contribution in [2.45, 2.75) is 31.7 Å². The predicted octanol–water partition coefficient (Wildman–Crippen LogP) is 0.794. The van der Waals surface area contributed by atoms with Crippen molar-refractivity contribution in [3.05, 3.63) is 22.0 Å². The molecule has 9 heteroatoms. The summed E-state index contributed by atoms with van der Waals surface area (Å²) in [5.41, 5.74) is 4.37. The number of carbonyl (C=O) groups excluding carboxylic acids is 2. The minimum atomic E-state index is -0.927. The van der Waals surface area contributed by atoms with E-state index in [1.165, 1.54) is 18.0 Å². The highest BCUT2D eigenvalue weighted by Crippen LogP contribution is 2.33. The summed E-state index contributed by atoms with van der Waals surface area (Å²) in [7, 11) is 1.35. The fourth-order valence-electron chi connectivity index (χ4n) is 2.62. The summed E-state index contributed by atoms with van der Waals surface area (Å²) >= 11 is 0. The molecule has 0 aliphatic heterocycles. The Morgan fingerprint density at radius 3 is 2.48 bits per heavy atom. The molecule has 1 saturated carbocycles. The summed E-state index contributed by atoms with van der Waals surface area (Å²) < 4.78 is 6.11. The largest absolute Gasteiger partial charge is 0.469 e. The van der Waals surface area contributed by atoms with Crippen LogP contribution in [0.15, 0.2) is 6.20 Å². The van der Waals surface area contributed by atoms with Gasteiger partial charge in [-0.15, -0.1) is 0 Å². The van der Waals surface area contributed by atoms with E-state index in [-0.39, 0.29) is 23.6 Å². The molecule has 1 amide bonds. The number of primary amides is 1. The van der Waals surface area contributed by atoms with Gasteiger partial charge in [0.05, 0.1) is 24.0 Å². The van der Waals surface area contributed by atoms with Gasteiger partial charge >= 0.3 is 11.7 Å². The lowest BCUT2D eigenvalue weighted by Gasteiger charge is -2.26. The zero-order valence-corrected chi connectivity index (χ0v) is 11.5. The smallest absolute Gasteiger partial charge is 0.320 e. The average Bonchev–Trinajstić information content (AvgIpc) is 2.92. The van der Waals surface area contributed by atoms with Crippen LogP contribution in [0.4, 0.5) is 5.69 Å². The monoisotopic (exact) mass is 296 g/mol. The molecule has 0 saturated heterocycles. The Kier molecular flexibility index (Phi) is 4.20. The lowest BCUT2D eigenvalue weighted by Crippen LogP contribution is -2.25. The first-order valence-corrected chi connectivity index (χ1v) is 6.55. The molecule has 9 nitrogen and oxygen atoms in total. The number of nitrogens with zero attached hydrogens (tertiary/aromatic N) is 3. The maximum absolute atomic E-state index is 11.5. The molecule has 114 valence electrons. The molecule has 1 aromatic heterocycles. The minimum absolute atomic E-state index is 0.0855. The van der Waals surface area contributed by atoms with Crippen LogP contribution < -0.4 is 5.73 Å². The zero-order valence-electron chi connectivity index (χ0n) is 11.5. The van der Waals surface area contributed by atoms with E-state index in [9.17, 15) is 19.7 Å². The molecule has 0 bridgehead atoms. The average molecular weight is 296 g/mol. The lowest BCUT2D eigenvalue weighted by molar-refractivity contribution is -0.385. The molecular weight excluding hydrogens is 280 g/mol. The first-order valence-electron chi connectivity index (χ1n) is 6.55. The molecule has 1 aliphatic carbocycles. The number of nitro groups is 1. The Balaban J connectivity index is 2.14. The third kappa shape index (κ3) is 3.01. The summed E-state index contributed by atoms with van der Waals surface area (Å²) in [4.78, 5) is 32.8. The highest BCUT2D eigenvalue weighted by Gasteiger charge is 2.31. The van der Waals surface area contributed by atoms with Crippen LogP contribution in [0.25, 0.3) is 0 Å². The van der Waals surface area contributed by atoms with Crippen LogP contribution in [0.2, 0.25) is 0 Å². The van der Waals surface area contributed by atoms with Crippen molar-refractivity contribution in [1.82, 2.24) is 9.78 Å². The van der Waals surface area contributed by atoms with Crippen molar-refractivity contribution in [2.75, 3.05) is 7.11 Å². The maximum Gasteiger partial charge on any atom is 0.320 e. The van der Waals surface area contributed by atoms with Gasteiger partial charge in [-0.3, -0.25) is 24.4 Å². The molecule has 0 radical (unpaired) electrons. The van der Waals surface area contributed by atoms with Gasteiger partial charge in [-0.2, -0.15) is 5.10 Å². The Morgan fingerprint density at radius 2 is 2.05 bits per heavy atom. The molecule has 0 atom stereocenters. The van der Waals surface area contributed by atoms with Crippen molar-refractivity contribution in [2.24, 2.45) is 11.7 Å². The molecule has 1 aliphatic rings. The van der Waals surface area contributed by atoms with Crippen LogP contribution in [-0.2, 0) is 9.53 Å². The molecule has 2 N–H and O–H groups in total. The van der Waals surface area contributed by atoms with Gasteiger partial charge in [0, 0.05) is 0 Å². The number of carbonyl (C=O) groups is 2. The molecule has 1 heterocycles. The molecule has 1 fully saturated rings. The van der Waals surface area contributed by atoms with Gasteiger partial charge < -0.3 is 10.5 Å². The number of ether oxygens (including phenoxy) is 1. The van der Waals surface area contributed by atoms with Crippen molar-refractivity contribution in [1.29, 1.82) is 0 Å². The number of methoxy groups -OCH3 is 1. The van der Waals surface area contributed by atoms with E-state index in [0.29, 0.717) is 25.7 Å². The van der Waals surface area contributed by atoms with Gasteiger partial charge in [-0.1, -0.05) is 0 Å². The fraction of sp³-hybridized carbons (Fsp3) is 0.583. The van der Waals surface area contributed by atoms with Gasteiger partial charge in [0.25, 0.3) is 5.91 Å². The highest BCUT2D eigenvalue weighted by atomic mass is 16.6. The van der Waals surface area contributed by atoms with Crippen LogP contribution in [0.1, 0.15) is 42.2 Å². The minimum Gasteiger partial charge on any atom is -0.469 e. The van der Waals surface area contributed by atoms with E-state index >= 15 is 0 Å². The van der Waals surface area contributed by atoms with Crippen LogP contribution in [0.5, 0.6) is 0 Å². The molecule has 0 aromatic carbocycles. The van der Waals surface area contributed by atoms with Crippen molar-refractivity contribution in [3.8, 4) is 0 Å². The molecule has 0 spiro atoms. The van der Waals surface area contributed by atoms with Crippen LogP contribution in [0.3, 0.4) is 0 Å². The van der Waals surface area contributed by atoms with E-state index in [1.54, 1.807) is 0 Å². The molecule has 0 unspecified atom stereocenters. The Bertz CT molecular complexity index is 543. The molecule has 2 rings (SSSR count). The summed E-state index contributed by atoms with van der Waals surface area (Å²) in [5, 5.41) is 14.8. The van der Waals surface area contributed by atoms with E-state index < -0.39 is 16.5 Å². The number of hydrogen-bond acceptors (Lipinski definition) is 6. The Labute approximate surface area is 120 Å². The maximum atomic E-state index is 11.5. The topological polar surface area (TPSA) is 130 Å². The van der Waals surface area contributed by atoms with Gasteiger partial charge in [-0.25, -0.2) is 0 Å². The van der Waals surface area contributed by atoms with Gasteiger partial charge in [0.2, 0.25) is 5.69 Å². The standard InChI is InChI=1S/C12H16N4O5/c1-21-12(18)7-2-4-8(5-3-7)15-6-9(16(19)20)10(14-15)11(13)17/h6-8H,2-5H2,1H3,(H2,13,17). The summed E-state index contributed by atoms with van der Waals surface area (Å²) in [6, 6.07) is -0.0855. The number of esters is 1. The number of nitrogens with two attached hydrogens (primary N) is 1. The van der Waals surface area contributed by atoms with E-state index in [1.807, 2.05) is 0 Å². The van der Waals surface area contributed by atoms with Crippen LogP contribution >= 0.6 is 0 Å². The fourth-order valence-corrected chi connectivity index (χ4v) is 2.62. The predicted molar refractivity (Wildman–Crippen MR) is 70.4 cm³/mol. The second kappa shape index (κ2) is 5.90. The zero-order chi connectivity index (χ0) is 15.6. The van der Waals surface area contributed by atoms with Crippen LogP contribution in [-0.4, -0.2) is 33.7 Å². The quantitative estimate of drug-likeness (QED) is 0.496. The van der Waals surface area contributed by atoms with E-state index in [4.69, 9.17) is 10.5 Å². The second-order valence-electron chi connectivity index (χ2n) is 4.99. The SMILES string of the molecule is COC(=O)C1CCC(n2cc([N+](=O)[O-])c(C(N)=O)n2)CC1. The molecular formula is C12H16N4O5. The first kappa shape index (κ1) is 14.9. The van der Waals surface area contributed by atoms with Gasteiger partial charge in [0.15, 0.2) is 0 Å². The molecule has 21 heavy (non-hydrogen) atoms. The van der Waals surface area contributed by atoms with Crippen molar-refractivity contribution in [3.63, 3.8) is 0 Å². The second-order valence-corrected chi connectivity index (χ2v) is 4.99. The van der Waals surface area contributed by atoms with Crippen molar-refractivity contribution >= 4 is 17.6 Å².